The molecule has 0 fully saturated rings. The number of hydrogen-bond donors (Lipinski definition) is 0. The van der Waals surface area contributed by atoms with Crippen LogP contribution in [-0.2, 0) is 9.53 Å². The van der Waals surface area contributed by atoms with Crippen molar-refractivity contribution in [2.75, 3.05) is 12.0 Å². The predicted molar refractivity (Wildman–Crippen MR) is 91.4 cm³/mol. The van der Waals surface area contributed by atoms with E-state index in [2.05, 4.69) is 4.98 Å². The van der Waals surface area contributed by atoms with E-state index in [1.807, 2.05) is 37.3 Å². The maximum atomic E-state index is 13.3. The number of fused-ring (bicyclic) bond motifs is 1. The number of para-hydroxylation sites is 1. The summed E-state index contributed by atoms with van der Waals surface area (Å²) in [6, 6.07) is 12.6. The summed E-state index contributed by atoms with van der Waals surface area (Å²) in [7, 11) is 1.43. The van der Waals surface area contributed by atoms with Gasteiger partial charge >= 0.3 is 0 Å². The van der Waals surface area contributed by atoms with Gasteiger partial charge in [-0.25, -0.2) is 4.98 Å². The smallest absolute Gasteiger partial charge is 0.273 e. The molecule has 0 aliphatic carbocycles. The Balaban J connectivity index is 2.20. The number of rotatable bonds is 5. The van der Waals surface area contributed by atoms with E-state index in [0.717, 1.165) is 12.8 Å². The number of pyridine rings is 1. The molecule has 124 valence electrons. The van der Waals surface area contributed by atoms with E-state index in [-0.39, 0.29) is 11.7 Å². The molecule has 0 saturated carbocycles. The lowest BCUT2D eigenvalue weighted by molar-refractivity contribution is -0.135. The van der Waals surface area contributed by atoms with Gasteiger partial charge in [0.15, 0.2) is 5.82 Å². The number of hydrogen-bond acceptors (Lipinski definition) is 4. The van der Waals surface area contributed by atoms with E-state index in [1.54, 1.807) is 18.3 Å². The number of methoxy groups -OCH3 is 1. The first-order chi connectivity index (χ1) is 11.7. The minimum absolute atomic E-state index is 0.307. The summed E-state index contributed by atoms with van der Waals surface area (Å²) in [5, 5.41) is 0. The molecule has 0 saturated heterocycles. The second-order valence-corrected chi connectivity index (χ2v) is 5.81. The maximum absolute atomic E-state index is 13.3. The van der Waals surface area contributed by atoms with Crippen molar-refractivity contribution in [2.45, 2.75) is 31.8 Å². The van der Waals surface area contributed by atoms with Crippen LogP contribution in [0.3, 0.4) is 0 Å². The standard InChI is InChI=1S/C19H20N2O3/c1-3-4-12-19(24-2)16(22)15-11-8-13-20-17(15)21(18(19)23)14-9-6-5-7-10-14/h5-11,13H,3-4,12H2,1-2H3. The van der Waals surface area contributed by atoms with Crippen molar-refractivity contribution in [3.63, 3.8) is 0 Å². The van der Waals surface area contributed by atoms with Crippen LogP contribution < -0.4 is 4.90 Å². The van der Waals surface area contributed by atoms with Gasteiger partial charge < -0.3 is 4.74 Å². The van der Waals surface area contributed by atoms with Crippen molar-refractivity contribution in [1.82, 2.24) is 4.98 Å². The van der Waals surface area contributed by atoms with Crippen LogP contribution >= 0.6 is 0 Å². The first-order valence-electron chi connectivity index (χ1n) is 8.10. The molecule has 24 heavy (non-hydrogen) atoms. The fourth-order valence-electron chi connectivity index (χ4n) is 3.09. The van der Waals surface area contributed by atoms with Gasteiger partial charge in [0.2, 0.25) is 11.4 Å². The molecular weight excluding hydrogens is 304 g/mol. The molecule has 1 aliphatic rings. The van der Waals surface area contributed by atoms with E-state index in [0.29, 0.717) is 23.5 Å². The number of aromatic nitrogens is 1. The Morgan fingerprint density at radius 3 is 2.54 bits per heavy atom. The number of anilines is 2. The number of nitrogens with zero attached hydrogens (tertiary/aromatic N) is 2. The van der Waals surface area contributed by atoms with Crippen LogP contribution in [0.15, 0.2) is 48.7 Å². The number of unbranched alkanes of at least 4 members (excludes halogenated alkanes) is 1. The fourth-order valence-corrected chi connectivity index (χ4v) is 3.09. The van der Waals surface area contributed by atoms with Crippen LogP contribution in [-0.4, -0.2) is 29.4 Å². The minimum atomic E-state index is -1.48. The second kappa shape index (κ2) is 6.53. The van der Waals surface area contributed by atoms with Crippen LogP contribution in [0, 0.1) is 0 Å². The Morgan fingerprint density at radius 2 is 1.88 bits per heavy atom. The summed E-state index contributed by atoms with van der Waals surface area (Å²) in [5.41, 5.74) is -0.395. The molecule has 1 amide bonds. The van der Waals surface area contributed by atoms with Gasteiger partial charge in [-0.15, -0.1) is 0 Å². The highest BCUT2D eigenvalue weighted by molar-refractivity contribution is 6.28. The van der Waals surface area contributed by atoms with Crippen LogP contribution in [0.4, 0.5) is 11.5 Å². The quantitative estimate of drug-likeness (QED) is 0.790. The number of Topliss-reactive ketones (excluding diaryl/α,β-unsaturated/α-hetero) is 1. The molecule has 1 atom stereocenters. The van der Waals surface area contributed by atoms with Gasteiger partial charge in [0.05, 0.1) is 11.3 Å². The third-order valence-corrected chi connectivity index (χ3v) is 4.40. The van der Waals surface area contributed by atoms with Gasteiger partial charge in [-0.1, -0.05) is 31.5 Å². The third kappa shape index (κ3) is 2.41. The summed E-state index contributed by atoms with van der Waals surface area (Å²) >= 11 is 0. The van der Waals surface area contributed by atoms with Crippen LogP contribution in [0.25, 0.3) is 0 Å². The molecule has 5 heteroatoms. The van der Waals surface area contributed by atoms with Gasteiger partial charge in [0.1, 0.15) is 0 Å². The molecule has 0 spiro atoms. The number of carbonyl (C=O) groups is 2. The zero-order valence-electron chi connectivity index (χ0n) is 13.9. The number of amides is 1. The van der Waals surface area contributed by atoms with E-state index in [9.17, 15) is 9.59 Å². The topological polar surface area (TPSA) is 59.5 Å². The van der Waals surface area contributed by atoms with Crippen molar-refractivity contribution in [1.29, 1.82) is 0 Å². The van der Waals surface area contributed by atoms with Gasteiger partial charge in [-0.2, -0.15) is 0 Å². The maximum Gasteiger partial charge on any atom is 0.273 e. The molecule has 0 N–H and O–H groups in total. The lowest BCUT2D eigenvalue weighted by atomic mass is 9.83. The number of benzene rings is 1. The van der Waals surface area contributed by atoms with Crippen molar-refractivity contribution >= 4 is 23.2 Å². The lowest BCUT2D eigenvalue weighted by Gasteiger charge is -2.39. The van der Waals surface area contributed by atoms with Gasteiger partial charge in [0.25, 0.3) is 5.91 Å². The Kier molecular flexibility index (Phi) is 4.44. The summed E-state index contributed by atoms with van der Waals surface area (Å²) < 4.78 is 5.55. The van der Waals surface area contributed by atoms with Crippen LogP contribution in [0.2, 0.25) is 0 Å². The summed E-state index contributed by atoms with van der Waals surface area (Å²) in [6.07, 6.45) is 3.54. The van der Waals surface area contributed by atoms with E-state index < -0.39 is 5.60 Å². The van der Waals surface area contributed by atoms with Crippen molar-refractivity contribution in [2.24, 2.45) is 0 Å². The van der Waals surface area contributed by atoms with E-state index >= 15 is 0 Å². The number of ketones is 1. The largest absolute Gasteiger partial charge is 0.361 e. The number of ether oxygens (including phenoxy) is 1. The molecule has 1 aromatic carbocycles. The normalized spacial score (nSPS) is 20.2. The van der Waals surface area contributed by atoms with Gasteiger partial charge in [-0.05, 0) is 37.1 Å². The Labute approximate surface area is 141 Å². The average Bonchev–Trinajstić information content (AvgIpc) is 2.63. The second-order valence-electron chi connectivity index (χ2n) is 5.81. The Hall–Kier alpha value is -2.53. The van der Waals surface area contributed by atoms with Crippen molar-refractivity contribution < 1.29 is 14.3 Å². The zero-order valence-corrected chi connectivity index (χ0v) is 13.9. The zero-order chi connectivity index (χ0) is 17.2. The van der Waals surface area contributed by atoms with E-state index in [4.69, 9.17) is 4.74 Å². The monoisotopic (exact) mass is 324 g/mol. The van der Waals surface area contributed by atoms with Crippen LogP contribution in [0.1, 0.15) is 36.5 Å². The fraction of sp³-hybridized carbons (Fsp3) is 0.316. The Bertz CT molecular complexity index is 760. The lowest BCUT2D eigenvalue weighted by Crippen LogP contribution is -2.58. The minimum Gasteiger partial charge on any atom is -0.361 e. The Morgan fingerprint density at radius 1 is 1.12 bits per heavy atom. The van der Waals surface area contributed by atoms with E-state index in [1.165, 1.54) is 12.0 Å². The molecule has 2 heterocycles. The highest BCUT2D eigenvalue weighted by atomic mass is 16.5. The predicted octanol–water partition coefficient (Wildman–Crippen LogP) is 3.52. The molecule has 5 nitrogen and oxygen atoms in total. The summed E-state index contributed by atoms with van der Waals surface area (Å²) in [5.74, 6) is -0.317. The van der Waals surface area contributed by atoms with Gasteiger partial charge in [0, 0.05) is 13.3 Å². The van der Waals surface area contributed by atoms with Crippen molar-refractivity contribution in [3.8, 4) is 0 Å². The van der Waals surface area contributed by atoms with Crippen molar-refractivity contribution in [3.05, 3.63) is 54.2 Å². The summed E-state index contributed by atoms with van der Waals surface area (Å²) in [6.45, 7) is 2.02. The third-order valence-electron chi connectivity index (χ3n) is 4.40. The molecule has 1 aromatic heterocycles. The molecule has 3 rings (SSSR count). The molecule has 2 aromatic rings. The van der Waals surface area contributed by atoms with Gasteiger partial charge in [-0.3, -0.25) is 14.5 Å². The highest BCUT2D eigenvalue weighted by Gasteiger charge is 2.54. The SMILES string of the molecule is CCCCC1(OC)C(=O)c2cccnc2N(c2ccccc2)C1=O. The molecule has 0 bridgehead atoms. The average molecular weight is 324 g/mol. The summed E-state index contributed by atoms with van der Waals surface area (Å²) in [4.78, 5) is 32.1. The number of carbonyl (C=O) groups excluding carboxylic acids is 2. The van der Waals surface area contributed by atoms with Crippen LogP contribution in [0.5, 0.6) is 0 Å². The highest BCUT2D eigenvalue weighted by Crippen LogP contribution is 2.39. The first-order valence-corrected chi connectivity index (χ1v) is 8.10. The molecular formula is C19H20N2O3. The first kappa shape index (κ1) is 16.3. The molecule has 1 unspecified atom stereocenters. The molecule has 0 radical (unpaired) electrons. The molecule has 1 aliphatic heterocycles.